The molecule has 0 aliphatic carbocycles. The van der Waals surface area contributed by atoms with E-state index in [1.807, 2.05) is 48.5 Å². The monoisotopic (exact) mass is 379 g/mol. The van der Waals surface area contributed by atoms with Crippen molar-refractivity contribution in [2.75, 3.05) is 19.8 Å². The smallest absolute Gasteiger partial charge is 0.315 e. The molecule has 0 aromatic heterocycles. The van der Waals surface area contributed by atoms with Gasteiger partial charge in [-0.3, -0.25) is 4.79 Å². The van der Waals surface area contributed by atoms with Gasteiger partial charge in [-0.05, 0) is 47.6 Å². The number of benzene rings is 2. The zero-order chi connectivity index (χ0) is 19.5. The summed E-state index contributed by atoms with van der Waals surface area (Å²) in [6.45, 7) is 2.72. The highest BCUT2D eigenvalue weighted by Crippen LogP contribution is 2.38. The van der Waals surface area contributed by atoms with Crippen molar-refractivity contribution in [3.63, 3.8) is 0 Å². The van der Waals surface area contributed by atoms with Gasteiger partial charge in [0.2, 0.25) is 0 Å². The molecule has 0 saturated carbocycles. The normalized spacial score (nSPS) is 19.3. The first-order valence-electron chi connectivity index (χ1n) is 9.73. The van der Waals surface area contributed by atoms with Gasteiger partial charge in [0.15, 0.2) is 0 Å². The van der Waals surface area contributed by atoms with E-state index in [0.717, 1.165) is 42.7 Å². The number of urea groups is 1. The van der Waals surface area contributed by atoms with E-state index in [0.29, 0.717) is 24.6 Å². The predicted molar refractivity (Wildman–Crippen MR) is 106 cm³/mol. The van der Waals surface area contributed by atoms with Gasteiger partial charge >= 0.3 is 6.03 Å². The van der Waals surface area contributed by atoms with Crippen molar-refractivity contribution in [2.24, 2.45) is 11.7 Å². The molecule has 1 atom stereocenters. The summed E-state index contributed by atoms with van der Waals surface area (Å²) in [7, 11) is 0. The molecule has 146 valence electrons. The van der Waals surface area contributed by atoms with E-state index in [-0.39, 0.29) is 11.9 Å². The lowest BCUT2D eigenvalue weighted by Gasteiger charge is -2.24. The second-order valence-corrected chi connectivity index (χ2v) is 7.46. The summed E-state index contributed by atoms with van der Waals surface area (Å²) < 4.78 is 5.35. The van der Waals surface area contributed by atoms with Crippen molar-refractivity contribution in [1.29, 1.82) is 0 Å². The maximum absolute atomic E-state index is 12.5. The van der Waals surface area contributed by atoms with Crippen LogP contribution in [0, 0.1) is 5.92 Å². The zero-order valence-electron chi connectivity index (χ0n) is 15.8. The van der Waals surface area contributed by atoms with E-state index in [2.05, 4.69) is 5.32 Å². The highest BCUT2D eigenvalue weighted by Gasteiger charge is 2.33. The molecule has 6 nitrogen and oxygen atoms in total. The fraction of sp³-hybridized carbons (Fsp3) is 0.364. The number of fused-ring (bicyclic) bond motifs is 1. The van der Waals surface area contributed by atoms with E-state index in [4.69, 9.17) is 10.5 Å². The SMILES string of the molecule is NC(=O)N1Cc2ccccc2C1c1ccc(C(=O)NCC2CCOCC2)cc1. The lowest BCUT2D eigenvalue weighted by Crippen LogP contribution is -2.34. The molecule has 6 heteroatoms. The van der Waals surface area contributed by atoms with Crippen LogP contribution in [0.2, 0.25) is 0 Å². The second kappa shape index (κ2) is 8.02. The van der Waals surface area contributed by atoms with Crippen molar-refractivity contribution in [3.05, 3.63) is 70.8 Å². The summed E-state index contributed by atoms with van der Waals surface area (Å²) in [5.74, 6) is 0.410. The number of amides is 3. The Kier molecular flexibility index (Phi) is 5.30. The van der Waals surface area contributed by atoms with Crippen LogP contribution in [-0.2, 0) is 11.3 Å². The molecule has 0 radical (unpaired) electrons. The van der Waals surface area contributed by atoms with Gasteiger partial charge < -0.3 is 20.7 Å². The Morgan fingerprint density at radius 3 is 2.50 bits per heavy atom. The van der Waals surface area contributed by atoms with Crippen molar-refractivity contribution in [3.8, 4) is 0 Å². The Bertz CT molecular complexity index is 860. The molecule has 0 bridgehead atoms. The van der Waals surface area contributed by atoms with E-state index in [1.165, 1.54) is 0 Å². The van der Waals surface area contributed by atoms with Crippen LogP contribution >= 0.6 is 0 Å². The molecule has 2 aliphatic heterocycles. The summed E-state index contributed by atoms with van der Waals surface area (Å²) in [6, 6.07) is 14.8. The van der Waals surface area contributed by atoms with Crippen molar-refractivity contribution in [2.45, 2.75) is 25.4 Å². The first-order chi connectivity index (χ1) is 13.6. The third-order valence-electron chi connectivity index (χ3n) is 5.67. The minimum absolute atomic E-state index is 0.0726. The number of carbonyl (C=O) groups is 2. The topological polar surface area (TPSA) is 84.7 Å². The molecule has 28 heavy (non-hydrogen) atoms. The van der Waals surface area contributed by atoms with Crippen LogP contribution in [0.4, 0.5) is 4.79 Å². The van der Waals surface area contributed by atoms with Gasteiger partial charge in [-0.25, -0.2) is 4.79 Å². The third-order valence-corrected chi connectivity index (χ3v) is 5.67. The maximum atomic E-state index is 12.5. The number of carbonyl (C=O) groups excluding carboxylic acids is 2. The molecule has 2 aliphatic rings. The Morgan fingerprint density at radius 2 is 1.79 bits per heavy atom. The van der Waals surface area contributed by atoms with Gasteiger partial charge in [0.05, 0.1) is 6.04 Å². The van der Waals surface area contributed by atoms with Crippen LogP contribution in [0.3, 0.4) is 0 Å². The van der Waals surface area contributed by atoms with Crippen molar-refractivity contribution < 1.29 is 14.3 Å². The Morgan fingerprint density at radius 1 is 1.07 bits per heavy atom. The third kappa shape index (κ3) is 3.73. The second-order valence-electron chi connectivity index (χ2n) is 7.46. The Balaban J connectivity index is 1.47. The lowest BCUT2D eigenvalue weighted by molar-refractivity contribution is 0.0642. The molecule has 1 fully saturated rings. The van der Waals surface area contributed by atoms with E-state index in [9.17, 15) is 9.59 Å². The molecule has 2 heterocycles. The predicted octanol–water partition coefficient (Wildman–Crippen LogP) is 2.83. The minimum Gasteiger partial charge on any atom is -0.381 e. The number of nitrogens with one attached hydrogen (secondary N) is 1. The molecule has 2 aromatic carbocycles. The first-order valence-corrected chi connectivity index (χ1v) is 9.73. The molecular weight excluding hydrogens is 354 g/mol. The summed E-state index contributed by atoms with van der Waals surface area (Å²) in [4.78, 5) is 26.1. The molecule has 1 unspecified atom stereocenters. The number of rotatable bonds is 4. The summed E-state index contributed by atoms with van der Waals surface area (Å²) in [6.07, 6.45) is 1.98. The number of nitrogens with two attached hydrogens (primary N) is 1. The molecular formula is C22H25N3O3. The number of hydrogen-bond donors (Lipinski definition) is 2. The Hall–Kier alpha value is -2.86. The van der Waals surface area contributed by atoms with E-state index >= 15 is 0 Å². The minimum atomic E-state index is -0.445. The standard InChI is InChI=1S/C22H25N3O3/c23-22(27)25-14-18-3-1-2-4-19(18)20(25)16-5-7-17(8-6-16)21(26)24-13-15-9-11-28-12-10-15/h1-8,15,20H,9-14H2,(H2,23,27)(H,24,26). The van der Waals surface area contributed by atoms with Gasteiger partial charge in [0.1, 0.15) is 0 Å². The van der Waals surface area contributed by atoms with Crippen LogP contribution in [0.25, 0.3) is 0 Å². The molecule has 1 saturated heterocycles. The average molecular weight is 379 g/mol. The molecule has 4 rings (SSSR count). The number of hydrogen-bond acceptors (Lipinski definition) is 3. The highest BCUT2D eigenvalue weighted by atomic mass is 16.5. The van der Waals surface area contributed by atoms with Gasteiger partial charge in [0, 0.05) is 31.9 Å². The summed E-state index contributed by atoms with van der Waals surface area (Å²) in [5.41, 5.74) is 9.36. The van der Waals surface area contributed by atoms with Gasteiger partial charge in [-0.2, -0.15) is 0 Å². The Labute approximate surface area is 164 Å². The number of ether oxygens (including phenoxy) is 1. The zero-order valence-corrected chi connectivity index (χ0v) is 15.8. The quantitative estimate of drug-likeness (QED) is 0.857. The van der Waals surface area contributed by atoms with Gasteiger partial charge in [-0.15, -0.1) is 0 Å². The average Bonchev–Trinajstić information content (AvgIpc) is 3.13. The number of nitrogens with zero attached hydrogens (tertiary/aromatic N) is 1. The molecule has 2 aromatic rings. The van der Waals surface area contributed by atoms with Crippen LogP contribution in [0.1, 0.15) is 45.9 Å². The van der Waals surface area contributed by atoms with Gasteiger partial charge in [0.25, 0.3) is 5.91 Å². The molecule has 3 N–H and O–H groups in total. The largest absolute Gasteiger partial charge is 0.381 e. The van der Waals surface area contributed by atoms with Crippen LogP contribution in [0.5, 0.6) is 0 Å². The van der Waals surface area contributed by atoms with Crippen molar-refractivity contribution >= 4 is 11.9 Å². The van der Waals surface area contributed by atoms with Crippen LogP contribution < -0.4 is 11.1 Å². The van der Waals surface area contributed by atoms with E-state index < -0.39 is 6.03 Å². The molecule has 3 amide bonds. The fourth-order valence-corrected chi connectivity index (χ4v) is 4.06. The summed E-state index contributed by atoms with van der Waals surface area (Å²) in [5, 5.41) is 3.02. The van der Waals surface area contributed by atoms with Gasteiger partial charge in [-0.1, -0.05) is 36.4 Å². The molecule has 0 spiro atoms. The van der Waals surface area contributed by atoms with E-state index in [1.54, 1.807) is 4.90 Å². The van der Waals surface area contributed by atoms with Crippen LogP contribution in [0.15, 0.2) is 48.5 Å². The van der Waals surface area contributed by atoms with Crippen LogP contribution in [-0.4, -0.2) is 36.6 Å². The lowest BCUT2D eigenvalue weighted by atomic mass is 9.97. The highest BCUT2D eigenvalue weighted by molar-refractivity contribution is 5.94. The maximum Gasteiger partial charge on any atom is 0.315 e. The number of primary amides is 1. The fourth-order valence-electron chi connectivity index (χ4n) is 4.06. The first kappa shape index (κ1) is 18.5. The summed E-state index contributed by atoms with van der Waals surface area (Å²) >= 11 is 0. The van der Waals surface area contributed by atoms with Crippen molar-refractivity contribution in [1.82, 2.24) is 10.2 Å².